The monoisotopic (exact) mass is 297 g/mol. The summed E-state index contributed by atoms with van der Waals surface area (Å²) in [5.41, 5.74) is 4.19. The number of hydrogen-bond acceptors (Lipinski definition) is 7. The van der Waals surface area contributed by atoms with Gasteiger partial charge in [0.2, 0.25) is 14.9 Å². The summed E-state index contributed by atoms with van der Waals surface area (Å²) in [5.74, 6) is -1.06. The van der Waals surface area contributed by atoms with E-state index in [0.717, 1.165) is 24.3 Å². The second kappa shape index (κ2) is 4.70. The number of nitrogens with two attached hydrogens (primary N) is 1. The third kappa shape index (κ3) is 2.21. The number of carbonyl (C=O) groups is 1. The van der Waals surface area contributed by atoms with Crippen LogP contribution in [0.5, 0.6) is 0 Å². The number of hydrogen-bond donors (Lipinski definition) is 2. The van der Waals surface area contributed by atoms with Gasteiger partial charge >= 0.3 is 0 Å². The number of aromatic nitrogens is 3. The third-order valence-electron chi connectivity index (χ3n) is 2.36. The van der Waals surface area contributed by atoms with Crippen molar-refractivity contribution in [1.29, 1.82) is 0 Å². The average Bonchev–Trinajstić information content (AvgIpc) is 2.89. The topological polar surface area (TPSA) is 162 Å². The summed E-state index contributed by atoms with van der Waals surface area (Å²) in [4.78, 5) is 20.6. The van der Waals surface area contributed by atoms with E-state index in [1.807, 2.05) is 5.21 Å². The number of H-pyrrole nitrogens is 1. The summed E-state index contributed by atoms with van der Waals surface area (Å²) in [6.45, 7) is 0. The molecule has 0 saturated heterocycles. The number of nitro benzene ring substituents is 1. The molecule has 0 spiro atoms. The Kier molecular flexibility index (Phi) is 3.19. The number of primary amides is 1. The summed E-state index contributed by atoms with van der Waals surface area (Å²) >= 11 is 0. The minimum Gasteiger partial charge on any atom is -0.364 e. The van der Waals surface area contributed by atoms with E-state index in [1.54, 1.807) is 0 Å². The number of non-ortho nitro benzene ring substituents is 1. The zero-order valence-electron chi connectivity index (χ0n) is 9.68. The normalized spacial score (nSPS) is 11.2. The number of nitrogens with one attached hydrogen (secondary N) is 1. The zero-order valence-corrected chi connectivity index (χ0v) is 10.5. The van der Waals surface area contributed by atoms with Crippen LogP contribution in [0.15, 0.2) is 34.2 Å². The molecule has 1 heterocycles. The number of benzene rings is 1. The Morgan fingerprint density at radius 3 is 2.35 bits per heavy atom. The first-order valence-corrected chi connectivity index (χ1v) is 6.52. The molecule has 1 amide bonds. The van der Waals surface area contributed by atoms with E-state index < -0.39 is 31.4 Å². The molecular weight excluding hydrogens is 290 g/mol. The van der Waals surface area contributed by atoms with E-state index in [0.29, 0.717) is 0 Å². The molecule has 20 heavy (non-hydrogen) atoms. The van der Waals surface area contributed by atoms with Gasteiger partial charge in [0.15, 0.2) is 5.69 Å². The minimum absolute atomic E-state index is 0.264. The van der Waals surface area contributed by atoms with Crippen LogP contribution in [0, 0.1) is 10.1 Å². The molecule has 1 aromatic carbocycles. The smallest absolute Gasteiger partial charge is 0.272 e. The van der Waals surface area contributed by atoms with Gasteiger partial charge in [-0.25, -0.2) is 8.42 Å². The van der Waals surface area contributed by atoms with E-state index >= 15 is 0 Å². The Bertz CT molecular complexity index is 779. The fourth-order valence-electron chi connectivity index (χ4n) is 1.43. The number of aromatic amines is 1. The van der Waals surface area contributed by atoms with Crippen LogP contribution >= 0.6 is 0 Å². The van der Waals surface area contributed by atoms with Crippen molar-refractivity contribution in [3.63, 3.8) is 0 Å². The predicted molar refractivity (Wildman–Crippen MR) is 63.4 cm³/mol. The lowest BCUT2D eigenvalue weighted by atomic mass is 10.3. The van der Waals surface area contributed by atoms with Crippen LogP contribution in [0.3, 0.4) is 0 Å². The molecule has 2 aromatic rings. The second-order valence-electron chi connectivity index (χ2n) is 3.60. The molecule has 0 aliphatic rings. The number of amides is 1. The van der Waals surface area contributed by atoms with Gasteiger partial charge in [0, 0.05) is 12.1 Å². The Balaban J connectivity index is 2.52. The van der Waals surface area contributed by atoms with Crippen molar-refractivity contribution in [2.24, 2.45) is 5.73 Å². The van der Waals surface area contributed by atoms with Gasteiger partial charge in [-0.1, -0.05) is 0 Å². The van der Waals surface area contributed by atoms with Crippen molar-refractivity contribution >= 4 is 21.4 Å². The Morgan fingerprint density at radius 1 is 1.25 bits per heavy atom. The van der Waals surface area contributed by atoms with Gasteiger partial charge in [-0.05, 0) is 12.1 Å². The fourth-order valence-corrected chi connectivity index (χ4v) is 2.71. The van der Waals surface area contributed by atoms with Crippen LogP contribution in [0.1, 0.15) is 10.5 Å². The first-order valence-electron chi connectivity index (χ1n) is 5.04. The van der Waals surface area contributed by atoms with Crippen molar-refractivity contribution in [3.05, 3.63) is 40.1 Å². The first kappa shape index (κ1) is 13.6. The van der Waals surface area contributed by atoms with Gasteiger partial charge in [0.05, 0.1) is 9.82 Å². The fraction of sp³-hybridized carbons (Fsp3) is 0. The number of nitro groups is 1. The van der Waals surface area contributed by atoms with E-state index in [-0.39, 0.29) is 10.6 Å². The van der Waals surface area contributed by atoms with Crippen LogP contribution in [-0.4, -0.2) is 34.7 Å². The van der Waals surface area contributed by atoms with Crippen molar-refractivity contribution in [2.75, 3.05) is 0 Å². The van der Waals surface area contributed by atoms with Gasteiger partial charge in [-0.3, -0.25) is 14.9 Å². The summed E-state index contributed by atoms with van der Waals surface area (Å²) in [7, 11) is -4.14. The quantitative estimate of drug-likeness (QED) is 0.575. The molecule has 10 nitrogen and oxygen atoms in total. The van der Waals surface area contributed by atoms with Crippen molar-refractivity contribution in [2.45, 2.75) is 9.92 Å². The molecule has 11 heteroatoms. The average molecular weight is 297 g/mol. The highest BCUT2D eigenvalue weighted by molar-refractivity contribution is 7.91. The van der Waals surface area contributed by atoms with Gasteiger partial charge in [0.1, 0.15) is 0 Å². The van der Waals surface area contributed by atoms with Crippen molar-refractivity contribution < 1.29 is 18.1 Å². The van der Waals surface area contributed by atoms with E-state index in [9.17, 15) is 23.3 Å². The highest BCUT2D eigenvalue weighted by Crippen LogP contribution is 2.22. The molecule has 104 valence electrons. The van der Waals surface area contributed by atoms with Gasteiger partial charge in [-0.2, -0.15) is 5.21 Å². The lowest BCUT2D eigenvalue weighted by Gasteiger charge is -2.01. The number of sulfone groups is 1. The highest BCUT2D eigenvalue weighted by atomic mass is 32.2. The van der Waals surface area contributed by atoms with Gasteiger partial charge in [0.25, 0.3) is 11.6 Å². The lowest BCUT2D eigenvalue weighted by molar-refractivity contribution is -0.384. The molecule has 0 atom stereocenters. The van der Waals surface area contributed by atoms with Crippen molar-refractivity contribution in [1.82, 2.24) is 15.4 Å². The van der Waals surface area contributed by atoms with Crippen LogP contribution < -0.4 is 5.73 Å². The summed E-state index contributed by atoms with van der Waals surface area (Å²) in [6.07, 6.45) is 0. The largest absolute Gasteiger partial charge is 0.364 e. The molecule has 0 radical (unpaired) electrons. The van der Waals surface area contributed by atoms with E-state index in [2.05, 4.69) is 10.2 Å². The van der Waals surface area contributed by atoms with Crippen molar-refractivity contribution in [3.8, 4) is 0 Å². The maximum atomic E-state index is 12.2. The Hall–Kier alpha value is -2.82. The molecule has 0 bridgehead atoms. The predicted octanol–water partition coefficient (Wildman–Crippen LogP) is -0.355. The molecule has 2 rings (SSSR count). The molecular formula is C9H7N5O5S. The summed E-state index contributed by atoms with van der Waals surface area (Å²) in [5, 5.41) is 18.6. The summed E-state index contributed by atoms with van der Waals surface area (Å²) < 4.78 is 24.4. The van der Waals surface area contributed by atoms with E-state index in [4.69, 9.17) is 5.73 Å². The Labute approximate surface area is 111 Å². The van der Waals surface area contributed by atoms with Gasteiger partial charge < -0.3 is 5.73 Å². The maximum Gasteiger partial charge on any atom is 0.272 e. The maximum absolute atomic E-state index is 12.2. The number of rotatable bonds is 4. The SMILES string of the molecule is NC(=O)c1n[nH]nc1S(=O)(=O)c1ccc([N+](=O)[O-])cc1. The van der Waals surface area contributed by atoms with Crippen LogP contribution in [0.4, 0.5) is 5.69 Å². The highest BCUT2D eigenvalue weighted by Gasteiger charge is 2.28. The second-order valence-corrected chi connectivity index (χ2v) is 5.46. The first-order chi connectivity index (χ1) is 9.34. The summed E-state index contributed by atoms with van der Waals surface area (Å²) in [6, 6.07) is 4.12. The molecule has 0 aliphatic carbocycles. The van der Waals surface area contributed by atoms with E-state index in [1.165, 1.54) is 0 Å². The molecule has 0 unspecified atom stereocenters. The molecule has 0 aliphatic heterocycles. The van der Waals surface area contributed by atoms with Crippen LogP contribution in [0.2, 0.25) is 0 Å². The van der Waals surface area contributed by atoms with Crippen LogP contribution in [0.25, 0.3) is 0 Å². The molecule has 0 saturated carbocycles. The number of carbonyl (C=O) groups excluding carboxylic acids is 1. The Morgan fingerprint density at radius 2 is 1.85 bits per heavy atom. The minimum atomic E-state index is -4.14. The van der Waals surface area contributed by atoms with Crippen LogP contribution in [-0.2, 0) is 9.84 Å². The molecule has 0 fully saturated rings. The molecule has 3 N–H and O–H groups in total. The number of nitrogens with zero attached hydrogens (tertiary/aromatic N) is 3. The zero-order chi connectivity index (χ0) is 14.9. The molecule has 1 aromatic heterocycles. The third-order valence-corrected chi connectivity index (χ3v) is 4.05. The van der Waals surface area contributed by atoms with Gasteiger partial charge in [-0.15, -0.1) is 10.2 Å². The lowest BCUT2D eigenvalue weighted by Crippen LogP contribution is -2.16. The standard InChI is InChI=1S/C9H7N5O5S/c10-8(15)7-9(12-13-11-7)20(18,19)6-3-1-5(2-4-6)14(16)17/h1-4H,(H2,10,15)(H,11,12,13).